The number of hydrogen-bond acceptors (Lipinski definition) is 3. The van der Waals surface area contributed by atoms with Crippen LogP contribution in [0.1, 0.15) is 24.9 Å². The third-order valence-corrected chi connectivity index (χ3v) is 2.43. The summed E-state index contributed by atoms with van der Waals surface area (Å²) in [6, 6.07) is 8.44. The Bertz CT molecular complexity index is 343. The highest BCUT2D eigenvalue weighted by Gasteiger charge is 2.16. The second kappa shape index (κ2) is 3.70. The highest BCUT2D eigenvalue weighted by molar-refractivity contribution is 5.83. The Balaban J connectivity index is 2.11. The van der Waals surface area contributed by atoms with Gasteiger partial charge in [-0.15, -0.1) is 0 Å². The average Bonchev–Trinajstić information content (AvgIpc) is 2.65. The molecule has 0 spiro atoms. The number of nitrogens with zero attached hydrogens (tertiary/aromatic N) is 1. The molecule has 0 saturated carbocycles. The molecule has 1 atom stereocenters. The number of nitrogens with one attached hydrogen (secondary N) is 1. The second-order valence-electron chi connectivity index (χ2n) is 3.51. The first-order chi connectivity index (χ1) is 6.79. The maximum atomic E-state index is 5.10. The van der Waals surface area contributed by atoms with Gasteiger partial charge >= 0.3 is 0 Å². The zero-order chi connectivity index (χ0) is 9.97. The molecule has 1 aliphatic heterocycles. The molecular weight excluding hydrogens is 176 g/mol. The minimum Gasteiger partial charge on any atom is -0.497 e. The predicted octanol–water partition coefficient (Wildman–Crippen LogP) is 2.11. The molecule has 3 nitrogen and oxygen atoms in total. The molecule has 0 aliphatic carbocycles. The molecule has 3 heteroatoms. The maximum Gasteiger partial charge on any atom is 0.118 e. The Morgan fingerprint density at radius 1 is 1.36 bits per heavy atom. The van der Waals surface area contributed by atoms with Crippen molar-refractivity contribution in [2.24, 2.45) is 5.10 Å². The first-order valence-electron chi connectivity index (χ1n) is 4.72. The first-order valence-corrected chi connectivity index (χ1v) is 4.72. The Morgan fingerprint density at radius 3 is 2.57 bits per heavy atom. The van der Waals surface area contributed by atoms with E-state index in [2.05, 4.69) is 22.7 Å². The third kappa shape index (κ3) is 1.71. The Labute approximate surface area is 83.8 Å². The van der Waals surface area contributed by atoms with Gasteiger partial charge in [0.25, 0.3) is 0 Å². The van der Waals surface area contributed by atoms with Crippen molar-refractivity contribution < 1.29 is 4.74 Å². The highest BCUT2D eigenvalue weighted by Crippen LogP contribution is 2.23. The highest BCUT2D eigenvalue weighted by atomic mass is 16.5. The van der Waals surface area contributed by atoms with E-state index < -0.39 is 0 Å². The lowest BCUT2D eigenvalue weighted by molar-refractivity contribution is 0.414. The van der Waals surface area contributed by atoms with Crippen molar-refractivity contribution in [3.05, 3.63) is 29.8 Å². The van der Waals surface area contributed by atoms with E-state index in [0.717, 1.165) is 17.9 Å². The van der Waals surface area contributed by atoms with E-state index in [0.29, 0.717) is 6.04 Å². The fourth-order valence-electron chi connectivity index (χ4n) is 1.60. The molecule has 1 aromatic rings. The number of hydrazone groups is 1. The Hall–Kier alpha value is -1.51. The van der Waals surface area contributed by atoms with Crippen molar-refractivity contribution in [2.45, 2.75) is 19.4 Å². The van der Waals surface area contributed by atoms with Crippen LogP contribution in [0.4, 0.5) is 0 Å². The molecule has 0 amide bonds. The summed E-state index contributed by atoms with van der Waals surface area (Å²) in [5, 5.41) is 4.17. The number of benzene rings is 1. The summed E-state index contributed by atoms with van der Waals surface area (Å²) in [5.74, 6) is 0.893. The van der Waals surface area contributed by atoms with Crippen molar-refractivity contribution >= 4 is 5.71 Å². The van der Waals surface area contributed by atoms with Crippen LogP contribution in [0.25, 0.3) is 0 Å². The minimum absolute atomic E-state index is 0.334. The summed E-state index contributed by atoms with van der Waals surface area (Å²) < 4.78 is 5.10. The van der Waals surface area contributed by atoms with Crippen molar-refractivity contribution in [2.75, 3.05) is 7.11 Å². The number of rotatable bonds is 2. The summed E-state index contributed by atoms with van der Waals surface area (Å²) in [7, 11) is 1.68. The van der Waals surface area contributed by atoms with Gasteiger partial charge in [0, 0.05) is 12.1 Å². The van der Waals surface area contributed by atoms with Gasteiger partial charge < -0.3 is 10.2 Å². The largest absolute Gasteiger partial charge is 0.497 e. The van der Waals surface area contributed by atoms with Gasteiger partial charge in [0.05, 0.1) is 13.2 Å². The van der Waals surface area contributed by atoms with Crippen LogP contribution in [0.5, 0.6) is 5.75 Å². The first kappa shape index (κ1) is 9.06. The SMILES string of the molecule is COc1ccc(C2CC(C)=NN2)cc1. The van der Waals surface area contributed by atoms with Crippen LogP contribution >= 0.6 is 0 Å². The van der Waals surface area contributed by atoms with E-state index in [1.54, 1.807) is 7.11 Å². The normalized spacial score (nSPS) is 20.1. The van der Waals surface area contributed by atoms with E-state index in [4.69, 9.17) is 4.74 Å². The van der Waals surface area contributed by atoms with Gasteiger partial charge in [-0.1, -0.05) is 12.1 Å². The van der Waals surface area contributed by atoms with Crippen LogP contribution in [0.3, 0.4) is 0 Å². The summed E-state index contributed by atoms with van der Waals surface area (Å²) in [6.07, 6.45) is 0.992. The molecule has 0 bridgehead atoms. The van der Waals surface area contributed by atoms with Gasteiger partial charge in [-0.3, -0.25) is 0 Å². The minimum atomic E-state index is 0.334. The fraction of sp³-hybridized carbons (Fsp3) is 0.364. The quantitative estimate of drug-likeness (QED) is 0.774. The smallest absolute Gasteiger partial charge is 0.118 e. The van der Waals surface area contributed by atoms with Gasteiger partial charge in [-0.25, -0.2) is 0 Å². The molecule has 0 fully saturated rings. The van der Waals surface area contributed by atoms with Crippen LogP contribution in [0.15, 0.2) is 29.4 Å². The van der Waals surface area contributed by atoms with E-state index in [1.165, 1.54) is 5.56 Å². The lowest BCUT2D eigenvalue weighted by atomic mass is 10.0. The van der Waals surface area contributed by atoms with Crippen molar-refractivity contribution in [1.82, 2.24) is 5.43 Å². The molecule has 74 valence electrons. The molecule has 0 saturated heterocycles. The van der Waals surface area contributed by atoms with Crippen molar-refractivity contribution in [1.29, 1.82) is 0 Å². The average molecular weight is 190 g/mol. The van der Waals surface area contributed by atoms with E-state index in [-0.39, 0.29) is 0 Å². The molecule has 14 heavy (non-hydrogen) atoms. The Morgan fingerprint density at radius 2 is 2.07 bits per heavy atom. The van der Waals surface area contributed by atoms with Gasteiger partial charge in [0.1, 0.15) is 5.75 Å². The van der Waals surface area contributed by atoms with E-state index in [9.17, 15) is 0 Å². The van der Waals surface area contributed by atoms with Crippen LogP contribution < -0.4 is 10.2 Å². The van der Waals surface area contributed by atoms with Gasteiger partial charge in [-0.05, 0) is 24.6 Å². The molecule has 1 N–H and O–H groups in total. The maximum absolute atomic E-state index is 5.10. The van der Waals surface area contributed by atoms with Crippen LogP contribution in [0.2, 0.25) is 0 Å². The monoisotopic (exact) mass is 190 g/mol. The third-order valence-electron chi connectivity index (χ3n) is 2.43. The summed E-state index contributed by atoms with van der Waals surface area (Å²) in [6.45, 7) is 2.04. The molecule has 0 aromatic heterocycles. The van der Waals surface area contributed by atoms with Crippen LogP contribution in [0, 0.1) is 0 Å². The zero-order valence-corrected chi connectivity index (χ0v) is 8.45. The number of methoxy groups -OCH3 is 1. The molecule has 1 unspecified atom stereocenters. The summed E-state index contributed by atoms with van der Waals surface area (Å²) in [4.78, 5) is 0. The summed E-state index contributed by atoms with van der Waals surface area (Å²) >= 11 is 0. The molecule has 1 aromatic carbocycles. The lowest BCUT2D eigenvalue weighted by Gasteiger charge is -2.10. The predicted molar refractivity (Wildman–Crippen MR) is 56.6 cm³/mol. The molecule has 2 rings (SSSR count). The van der Waals surface area contributed by atoms with E-state index >= 15 is 0 Å². The topological polar surface area (TPSA) is 33.6 Å². The summed E-state index contributed by atoms with van der Waals surface area (Å²) in [5.41, 5.74) is 5.52. The molecule has 0 radical (unpaired) electrons. The van der Waals surface area contributed by atoms with Crippen LogP contribution in [-0.4, -0.2) is 12.8 Å². The fourth-order valence-corrected chi connectivity index (χ4v) is 1.60. The van der Waals surface area contributed by atoms with Gasteiger partial charge in [-0.2, -0.15) is 5.10 Å². The molecule has 1 heterocycles. The number of ether oxygens (including phenoxy) is 1. The zero-order valence-electron chi connectivity index (χ0n) is 8.45. The standard InChI is InChI=1S/C11H14N2O/c1-8-7-11(13-12-8)9-3-5-10(14-2)6-4-9/h3-6,11,13H,7H2,1-2H3. The van der Waals surface area contributed by atoms with Crippen LogP contribution in [-0.2, 0) is 0 Å². The lowest BCUT2D eigenvalue weighted by Crippen LogP contribution is -2.09. The Kier molecular flexibility index (Phi) is 2.39. The number of hydrogen-bond donors (Lipinski definition) is 1. The van der Waals surface area contributed by atoms with E-state index in [1.807, 2.05) is 19.1 Å². The van der Waals surface area contributed by atoms with Crippen molar-refractivity contribution in [3.63, 3.8) is 0 Å². The van der Waals surface area contributed by atoms with Crippen molar-refractivity contribution in [3.8, 4) is 5.75 Å². The molecular formula is C11H14N2O. The van der Waals surface area contributed by atoms with Gasteiger partial charge in [0.2, 0.25) is 0 Å². The second-order valence-corrected chi connectivity index (χ2v) is 3.51. The van der Waals surface area contributed by atoms with Gasteiger partial charge in [0.15, 0.2) is 0 Å². The molecule has 1 aliphatic rings.